The van der Waals surface area contributed by atoms with Crippen LogP contribution in [0.1, 0.15) is 37.8 Å². The van der Waals surface area contributed by atoms with Crippen molar-refractivity contribution in [3.8, 4) is 0 Å². The van der Waals surface area contributed by atoms with Gasteiger partial charge in [0.2, 0.25) is 0 Å². The van der Waals surface area contributed by atoms with E-state index in [1.54, 1.807) is 0 Å². The molecule has 0 aliphatic carbocycles. The fourth-order valence-electron chi connectivity index (χ4n) is 1.47. The van der Waals surface area contributed by atoms with Crippen LogP contribution in [0.2, 0.25) is 0 Å². The molecule has 2 N–H and O–H groups in total. The van der Waals surface area contributed by atoms with Crippen LogP contribution in [0, 0.1) is 12.4 Å². The van der Waals surface area contributed by atoms with Gasteiger partial charge in [0.05, 0.1) is 0 Å². The number of nitrogens with one attached hydrogen (secondary N) is 2. The van der Waals surface area contributed by atoms with E-state index in [4.69, 9.17) is 0 Å². The van der Waals surface area contributed by atoms with Crippen LogP contribution < -0.4 is 0 Å². The fourth-order valence-corrected chi connectivity index (χ4v) is 1.47. The minimum atomic E-state index is 0. The molecule has 94 valence electrons. The SMILES string of the molecule is CCCc1[c-][nH]cc1.CCCc1[c-][nH]cc1.[Ru+2]. The zero-order chi connectivity index (χ0) is 11.6. The average Bonchev–Trinajstić information content (AvgIpc) is 2.92. The van der Waals surface area contributed by atoms with Crippen molar-refractivity contribution in [3.05, 3.63) is 48.0 Å². The summed E-state index contributed by atoms with van der Waals surface area (Å²) in [5, 5.41) is 0. The topological polar surface area (TPSA) is 31.6 Å². The molecule has 0 aromatic carbocycles. The molecule has 2 heterocycles. The monoisotopic (exact) mass is 318 g/mol. The maximum Gasteiger partial charge on any atom is 2.00 e. The molecule has 0 spiro atoms. The van der Waals surface area contributed by atoms with Gasteiger partial charge in [0.1, 0.15) is 0 Å². The number of aryl methyl sites for hydroxylation is 2. The van der Waals surface area contributed by atoms with Crippen LogP contribution >= 0.6 is 0 Å². The standard InChI is InChI=1S/2C7H10N.Ru/c2*1-2-3-7-4-5-8-6-7;/h2*4-5,8H,2-3H2,1H3;/q2*-1;+2. The first-order chi connectivity index (χ1) is 7.86. The summed E-state index contributed by atoms with van der Waals surface area (Å²) in [7, 11) is 0. The predicted molar refractivity (Wildman–Crippen MR) is 67.2 cm³/mol. The molecule has 0 atom stereocenters. The van der Waals surface area contributed by atoms with Crippen LogP contribution in [0.15, 0.2) is 24.5 Å². The summed E-state index contributed by atoms with van der Waals surface area (Å²) in [5.74, 6) is 0. The molecule has 2 aromatic heterocycles. The third-order valence-corrected chi connectivity index (χ3v) is 2.24. The Bertz CT molecular complexity index is 302. The quantitative estimate of drug-likeness (QED) is 0.639. The molecule has 0 radical (unpaired) electrons. The second-order valence-electron chi connectivity index (χ2n) is 3.76. The van der Waals surface area contributed by atoms with Gasteiger partial charge in [-0.05, 0) is 0 Å². The number of rotatable bonds is 4. The Morgan fingerprint density at radius 1 is 0.882 bits per heavy atom. The number of H-pyrrole nitrogens is 2. The van der Waals surface area contributed by atoms with Gasteiger partial charge in [-0.15, -0.1) is 12.4 Å². The summed E-state index contributed by atoms with van der Waals surface area (Å²) < 4.78 is 0. The maximum atomic E-state index is 3.01. The molecule has 2 aromatic rings. The minimum Gasteiger partial charge on any atom is -0.484 e. The molecule has 2 nitrogen and oxygen atoms in total. The van der Waals surface area contributed by atoms with Crippen LogP contribution in [0.4, 0.5) is 0 Å². The molecule has 0 saturated carbocycles. The smallest absolute Gasteiger partial charge is 0.484 e. The average molecular weight is 317 g/mol. The Labute approximate surface area is 117 Å². The first-order valence-electron chi connectivity index (χ1n) is 5.94. The van der Waals surface area contributed by atoms with Crippen molar-refractivity contribution in [2.45, 2.75) is 39.5 Å². The van der Waals surface area contributed by atoms with E-state index >= 15 is 0 Å². The van der Waals surface area contributed by atoms with Crippen molar-refractivity contribution in [2.75, 3.05) is 0 Å². The van der Waals surface area contributed by atoms with Gasteiger partial charge in [-0.1, -0.05) is 39.5 Å². The van der Waals surface area contributed by atoms with E-state index in [0.717, 1.165) is 12.8 Å². The van der Waals surface area contributed by atoms with Crippen molar-refractivity contribution in [3.63, 3.8) is 0 Å². The number of aromatic amines is 2. The Kier molecular flexibility index (Phi) is 9.85. The predicted octanol–water partition coefficient (Wildman–Crippen LogP) is 3.53. The normalized spacial score (nSPS) is 9.06. The zero-order valence-corrected chi connectivity index (χ0v) is 12.2. The zero-order valence-electron chi connectivity index (χ0n) is 10.5. The van der Waals surface area contributed by atoms with Gasteiger partial charge in [0.15, 0.2) is 0 Å². The van der Waals surface area contributed by atoms with E-state index in [1.807, 2.05) is 12.4 Å². The van der Waals surface area contributed by atoms with Crippen LogP contribution in [0.3, 0.4) is 0 Å². The van der Waals surface area contributed by atoms with Crippen LogP contribution in [0.25, 0.3) is 0 Å². The summed E-state index contributed by atoms with van der Waals surface area (Å²) in [4.78, 5) is 5.78. The van der Waals surface area contributed by atoms with Crippen molar-refractivity contribution in [2.24, 2.45) is 0 Å². The third kappa shape index (κ3) is 7.17. The molecule has 0 unspecified atom stereocenters. The number of aromatic nitrogens is 2. The van der Waals surface area contributed by atoms with Crippen molar-refractivity contribution in [1.82, 2.24) is 9.97 Å². The van der Waals surface area contributed by atoms with E-state index in [9.17, 15) is 0 Å². The van der Waals surface area contributed by atoms with Gasteiger partial charge in [0.25, 0.3) is 0 Å². The fraction of sp³-hybridized carbons (Fsp3) is 0.429. The maximum absolute atomic E-state index is 3.01. The van der Waals surface area contributed by atoms with Gasteiger partial charge in [-0.2, -0.15) is 35.7 Å². The number of hydrogen-bond donors (Lipinski definition) is 2. The molecule has 0 saturated heterocycles. The van der Waals surface area contributed by atoms with Crippen LogP contribution in [-0.4, -0.2) is 9.97 Å². The van der Waals surface area contributed by atoms with E-state index in [1.165, 1.54) is 24.0 Å². The first-order valence-corrected chi connectivity index (χ1v) is 5.94. The largest absolute Gasteiger partial charge is 2.00 e. The van der Waals surface area contributed by atoms with Crippen molar-refractivity contribution in [1.29, 1.82) is 0 Å². The van der Waals surface area contributed by atoms with Crippen molar-refractivity contribution >= 4 is 0 Å². The molecule has 0 aliphatic rings. The summed E-state index contributed by atoms with van der Waals surface area (Å²) >= 11 is 0. The Balaban J connectivity index is 0.000000284. The summed E-state index contributed by atoms with van der Waals surface area (Å²) in [6.45, 7) is 4.34. The molecule has 0 fully saturated rings. The molecule has 0 bridgehead atoms. The van der Waals surface area contributed by atoms with Gasteiger partial charge < -0.3 is 9.97 Å². The van der Waals surface area contributed by atoms with E-state index < -0.39 is 0 Å². The molecule has 0 amide bonds. The van der Waals surface area contributed by atoms with Crippen LogP contribution in [0.5, 0.6) is 0 Å². The summed E-state index contributed by atoms with van der Waals surface area (Å²) in [6, 6.07) is 4.12. The second kappa shape index (κ2) is 10.3. The molecule has 2 rings (SSSR count). The van der Waals surface area contributed by atoms with Gasteiger partial charge in [-0.3, -0.25) is 0 Å². The van der Waals surface area contributed by atoms with Gasteiger partial charge in [0, 0.05) is 0 Å². The Hall–Kier alpha value is -0.817. The minimum absolute atomic E-state index is 0. The molecule has 17 heavy (non-hydrogen) atoms. The molecule has 3 heteroatoms. The Morgan fingerprint density at radius 3 is 1.53 bits per heavy atom. The van der Waals surface area contributed by atoms with E-state index in [0.29, 0.717) is 0 Å². The molecular formula is C14H20N2Ru. The summed E-state index contributed by atoms with van der Waals surface area (Å²) in [6.07, 6.45) is 14.5. The first kappa shape index (κ1) is 16.2. The van der Waals surface area contributed by atoms with Crippen LogP contribution in [-0.2, 0) is 32.3 Å². The summed E-state index contributed by atoms with van der Waals surface area (Å²) in [5.41, 5.74) is 2.57. The van der Waals surface area contributed by atoms with Gasteiger partial charge in [-0.25, -0.2) is 0 Å². The third-order valence-electron chi connectivity index (χ3n) is 2.24. The van der Waals surface area contributed by atoms with E-state index in [-0.39, 0.29) is 19.5 Å². The second-order valence-corrected chi connectivity index (χ2v) is 3.76. The molecular weight excluding hydrogens is 297 g/mol. The number of hydrogen-bond acceptors (Lipinski definition) is 0. The van der Waals surface area contributed by atoms with Crippen molar-refractivity contribution < 1.29 is 19.5 Å². The Morgan fingerprint density at radius 2 is 1.29 bits per heavy atom. The van der Waals surface area contributed by atoms with E-state index in [2.05, 4.69) is 48.3 Å². The van der Waals surface area contributed by atoms with Gasteiger partial charge >= 0.3 is 19.5 Å². The molecule has 0 aliphatic heterocycles.